The van der Waals surface area contributed by atoms with E-state index >= 15 is 0 Å². The van der Waals surface area contributed by atoms with Crippen molar-refractivity contribution in [2.75, 3.05) is 13.1 Å². The van der Waals surface area contributed by atoms with Gasteiger partial charge in [0.2, 0.25) is 0 Å². The number of rotatable bonds is 4. The van der Waals surface area contributed by atoms with E-state index in [2.05, 4.69) is 12.3 Å². The number of nitrogens with two attached hydrogens (primary N) is 2. The minimum absolute atomic E-state index is 0.602. The summed E-state index contributed by atoms with van der Waals surface area (Å²) < 4.78 is 0. The van der Waals surface area contributed by atoms with Gasteiger partial charge in [-0.1, -0.05) is 6.92 Å². The number of hydrazine groups is 1. The Hall–Kier alpha value is -0.120. The lowest BCUT2D eigenvalue weighted by Crippen LogP contribution is -2.28. The average molecular weight is 117 g/mol. The molecule has 3 heteroatoms. The summed E-state index contributed by atoms with van der Waals surface area (Å²) in [5.74, 6) is 5.67. The molecule has 5 N–H and O–H groups in total. The zero-order valence-corrected chi connectivity index (χ0v) is 5.35. The Morgan fingerprint density at radius 3 is 2.62 bits per heavy atom. The summed E-state index contributed by atoms with van der Waals surface area (Å²) in [5, 5.41) is 0. The van der Waals surface area contributed by atoms with Crippen molar-refractivity contribution < 1.29 is 0 Å². The van der Waals surface area contributed by atoms with Gasteiger partial charge in [-0.25, -0.2) is 0 Å². The molecule has 0 heterocycles. The van der Waals surface area contributed by atoms with Crippen LogP contribution in [0.2, 0.25) is 0 Å². The van der Waals surface area contributed by atoms with Crippen molar-refractivity contribution in [2.45, 2.75) is 13.3 Å². The predicted molar refractivity (Wildman–Crippen MR) is 35.0 cm³/mol. The highest BCUT2D eigenvalue weighted by molar-refractivity contribution is 4.53. The minimum Gasteiger partial charge on any atom is -0.330 e. The standard InChI is InChI=1S/C5H15N3/c1-5(2-3-6)4-8-7/h5,8H,2-4,6-7H2,1H3. The van der Waals surface area contributed by atoms with Crippen LogP contribution in [0.25, 0.3) is 0 Å². The van der Waals surface area contributed by atoms with Gasteiger partial charge < -0.3 is 5.73 Å². The van der Waals surface area contributed by atoms with E-state index in [1.165, 1.54) is 0 Å². The van der Waals surface area contributed by atoms with Crippen LogP contribution in [0.1, 0.15) is 13.3 Å². The summed E-state index contributed by atoms with van der Waals surface area (Å²) in [6.45, 7) is 3.73. The summed E-state index contributed by atoms with van der Waals surface area (Å²) in [5.41, 5.74) is 7.89. The Labute approximate surface area is 50.4 Å². The van der Waals surface area contributed by atoms with Crippen molar-refractivity contribution in [3.63, 3.8) is 0 Å². The third-order valence-electron chi connectivity index (χ3n) is 1.13. The molecule has 0 aromatic heterocycles. The Morgan fingerprint density at radius 2 is 2.25 bits per heavy atom. The molecule has 8 heavy (non-hydrogen) atoms. The molecule has 0 amide bonds. The maximum absolute atomic E-state index is 5.29. The zero-order valence-electron chi connectivity index (χ0n) is 5.35. The molecular formula is C5H15N3. The van der Waals surface area contributed by atoms with Crippen LogP contribution in [-0.2, 0) is 0 Å². The first-order chi connectivity index (χ1) is 3.81. The molecule has 50 valence electrons. The van der Waals surface area contributed by atoms with Crippen molar-refractivity contribution in [1.29, 1.82) is 0 Å². The van der Waals surface area contributed by atoms with Crippen LogP contribution < -0.4 is 17.0 Å². The van der Waals surface area contributed by atoms with Crippen molar-refractivity contribution in [3.05, 3.63) is 0 Å². The van der Waals surface area contributed by atoms with E-state index < -0.39 is 0 Å². The molecule has 3 nitrogen and oxygen atoms in total. The molecule has 1 atom stereocenters. The lowest BCUT2D eigenvalue weighted by atomic mass is 10.1. The molecule has 0 aromatic rings. The highest BCUT2D eigenvalue weighted by atomic mass is 15.2. The van der Waals surface area contributed by atoms with Crippen molar-refractivity contribution in [2.24, 2.45) is 17.5 Å². The zero-order chi connectivity index (χ0) is 6.41. The second kappa shape index (κ2) is 5.03. The average Bonchev–Trinajstić information content (AvgIpc) is 1.68. The fourth-order valence-electron chi connectivity index (χ4n) is 0.588. The Kier molecular flexibility index (Phi) is 4.95. The van der Waals surface area contributed by atoms with E-state index in [4.69, 9.17) is 11.6 Å². The van der Waals surface area contributed by atoms with Crippen LogP contribution >= 0.6 is 0 Å². The molecule has 1 unspecified atom stereocenters. The van der Waals surface area contributed by atoms with Crippen LogP contribution in [0.3, 0.4) is 0 Å². The highest BCUT2D eigenvalue weighted by Gasteiger charge is 1.95. The van der Waals surface area contributed by atoms with Crippen LogP contribution in [0.15, 0.2) is 0 Å². The van der Waals surface area contributed by atoms with Gasteiger partial charge in [0.1, 0.15) is 0 Å². The fourth-order valence-corrected chi connectivity index (χ4v) is 0.588. The van der Waals surface area contributed by atoms with E-state index in [-0.39, 0.29) is 0 Å². The van der Waals surface area contributed by atoms with Gasteiger partial charge in [-0.3, -0.25) is 11.3 Å². The van der Waals surface area contributed by atoms with Gasteiger partial charge in [0.05, 0.1) is 0 Å². The molecule has 0 aromatic carbocycles. The molecule has 0 radical (unpaired) electrons. The van der Waals surface area contributed by atoms with Gasteiger partial charge in [0, 0.05) is 6.54 Å². The summed E-state index contributed by atoms with van der Waals surface area (Å²) in [7, 11) is 0. The summed E-state index contributed by atoms with van der Waals surface area (Å²) in [6, 6.07) is 0. The number of hydrogen-bond acceptors (Lipinski definition) is 3. The second-order valence-electron chi connectivity index (χ2n) is 2.09. The molecule has 0 saturated heterocycles. The van der Waals surface area contributed by atoms with Crippen LogP contribution in [0, 0.1) is 5.92 Å². The first-order valence-electron chi connectivity index (χ1n) is 2.94. The minimum atomic E-state index is 0.602. The third kappa shape index (κ3) is 4.05. The monoisotopic (exact) mass is 117 g/mol. The highest BCUT2D eigenvalue weighted by Crippen LogP contribution is 1.95. The van der Waals surface area contributed by atoms with Gasteiger partial charge in [-0.05, 0) is 18.9 Å². The van der Waals surface area contributed by atoms with Crippen molar-refractivity contribution >= 4 is 0 Å². The van der Waals surface area contributed by atoms with E-state index in [1.54, 1.807) is 0 Å². The maximum atomic E-state index is 5.29. The molecular weight excluding hydrogens is 102 g/mol. The summed E-state index contributed by atoms with van der Waals surface area (Å²) >= 11 is 0. The predicted octanol–water partition coefficient (Wildman–Crippen LogP) is -0.565. The SMILES string of the molecule is CC(CCN)CNN. The maximum Gasteiger partial charge on any atom is 0.0124 e. The Balaban J connectivity index is 2.92. The van der Waals surface area contributed by atoms with E-state index in [0.29, 0.717) is 5.92 Å². The van der Waals surface area contributed by atoms with Gasteiger partial charge in [0.15, 0.2) is 0 Å². The van der Waals surface area contributed by atoms with Gasteiger partial charge in [-0.2, -0.15) is 0 Å². The van der Waals surface area contributed by atoms with Crippen molar-refractivity contribution in [3.8, 4) is 0 Å². The fraction of sp³-hybridized carbons (Fsp3) is 1.00. The molecule has 0 spiro atoms. The third-order valence-corrected chi connectivity index (χ3v) is 1.13. The molecule has 0 aliphatic carbocycles. The Bertz CT molecular complexity index is 40.9. The van der Waals surface area contributed by atoms with Crippen LogP contribution in [0.5, 0.6) is 0 Å². The van der Waals surface area contributed by atoms with Gasteiger partial charge >= 0.3 is 0 Å². The largest absolute Gasteiger partial charge is 0.330 e. The first kappa shape index (κ1) is 7.88. The van der Waals surface area contributed by atoms with Crippen LogP contribution in [-0.4, -0.2) is 13.1 Å². The molecule has 0 fully saturated rings. The van der Waals surface area contributed by atoms with Gasteiger partial charge in [0.25, 0.3) is 0 Å². The van der Waals surface area contributed by atoms with Crippen molar-refractivity contribution in [1.82, 2.24) is 5.43 Å². The van der Waals surface area contributed by atoms with E-state index in [9.17, 15) is 0 Å². The van der Waals surface area contributed by atoms with E-state index in [0.717, 1.165) is 19.5 Å². The molecule has 0 aliphatic heterocycles. The van der Waals surface area contributed by atoms with E-state index in [1.807, 2.05) is 0 Å². The number of hydrogen-bond donors (Lipinski definition) is 3. The summed E-state index contributed by atoms with van der Waals surface area (Å²) in [6.07, 6.45) is 1.05. The first-order valence-corrected chi connectivity index (χ1v) is 2.94. The molecule has 0 aliphatic rings. The smallest absolute Gasteiger partial charge is 0.0124 e. The van der Waals surface area contributed by atoms with Gasteiger partial charge in [-0.15, -0.1) is 0 Å². The lowest BCUT2D eigenvalue weighted by Gasteiger charge is -2.06. The molecule has 0 rings (SSSR count). The van der Waals surface area contributed by atoms with Crippen LogP contribution in [0.4, 0.5) is 0 Å². The normalized spacial score (nSPS) is 13.9. The summed E-state index contributed by atoms with van der Waals surface area (Å²) in [4.78, 5) is 0. The quantitative estimate of drug-likeness (QED) is 0.341. The molecule has 0 saturated carbocycles. The topological polar surface area (TPSA) is 64.1 Å². The second-order valence-corrected chi connectivity index (χ2v) is 2.09. The molecule has 0 bridgehead atoms. The number of nitrogens with one attached hydrogen (secondary N) is 1. The Morgan fingerprint density at radius 1 is 1.62 bits per heavy atom. The lowest BCUT2D eigenvalue weighted by molar-refractivity contribution is 0.496.